The summed E-state index contributed by atoms with van der Waals surface area (Å²) in [5, 5.41) is 23.5. The van der Waals surface area contributed by atoms with Crippen LogP contribution in [0.3, 0.4) is 0 Å². The predicted molar refractivity (Wildman–Crippen MR) is 123 cm³/mol. The van der Waals surface area contributed by atoms with Crippen molar-refractivity contribution in [2.24, 2.45) is 5.92 Å². The lowest BCUT2D eigenvalue weighted by Gasteiger charge is -2.43. The Morgan fingerprint density at radius 3 is 2.76 bits per heavy atom. The number of carboxylic acid groups (broad SMARTS) is 1. The molecule has 182 valence electrons. The number of aryl methyl sites for hydroxylation is 2. The lowest BCUT2D eigenvalue weighted by atomic mass is 9.76. The van der Waals surface area contributed by atoms with Crippen LogP contribution < -0.4 is 5.32 Å². The third kappa shape index (κ3) is 5.53. The van der Waals surface area contributed by atoms with Gasteiger partial charge in [0.25, 0.3) is 0 Å². The molecule has 2 aliphatic rings. The maximum absolute atomic E-state index is 14.0. The van der Waals surface area contributed by atoms with Crippen LogP contribution >= 0.6 is 0 Å². The normalized spacial score (nSPS) is 20.1. The van der Waals surface area contributed by atoms with Crippen molar-refractivity contribution in [3.8, 4) is 0 Å². The number of benzene rings is 1. The standard InChI is InChI=1S/C25H30FN3O5/c26-21-6-2-1-5-20(21)25(33)34-29(22(11-13-30)24(31)32)19-14-16(15-19)7-9-18-10-8-17-4-3-12-27-23(17)28-18/h1-2,5-6,8,10,16,19,22,30H,3-4,7,9,11-15H2,(H,27,28)(H,31,32)/t16?,19?,22-/m0/s1. The van der Waals surface area contributed by atoms with Gasteiger partial charge in [-0.2, -0.15) is 0 Å². The summed E-state index contributed by atoms with van der Waals surface area (Å²) in [4.78, 5) is 34.6. The number of anilines is 1. The first-order valence-corrected chi connectivity index (χ1v) is 11.8. The van der Waals surface area contributed by atoms with E-state index in [9.17, 15) is 24.2 Å². The molecule has 1 aliphatic carbocycles. The Bertz CT molecular complexity index is 1030. The minimum absolute atomic E-state index is 0.104. The number of nitrogens with zero attached hydrogens (tertiary/aromatic N) is 2. The van der Waals surface area contributed by atoms with Gasteiger partial charge in [0.1, 0.15) is 17.7 Å². The molecule has 4 rings (SSSR count). The summed E-state index contributed by atoms with van der Waals surface area (Å²) >= 11 is 0. The second-order valence-electron chi connectivity index (χ2n) is 8.96. The fourth-order valence-corrected chi connectivity index (χ4v) is 4.65. The van der Waals surface area contributed by atoms with Crippen LogP contribution in [0.25, 0.3) is 0 Å². The molecule has 0 saturated heterocycles. The van der Waals surface area contributed by atoms with Gasteiger partial charge in [0, 0.05) is 24.9 Å². The topological polar surface area (TPSA) is 112 Å². The number of nitrogens with one attached hydrogen (secondary N) is 1. The number of hydrogen-bond donors (Lipinski definition) is 3. The summed E-state index contributed by atoms with van der Waals surface area (Å²) < 4.78 is 14.0. The molecule has 1 fully saturated rings. The molecule has 3 N–H and O–H groups in total. The van der Waals surface area contributed by atoms with E-state index in [-0.39, 0.29) is 24.6 Å². The minimum atomic E-state index is -1.21. The molecule has 1 aromatic heterocycles. The monoisotopic (exact) mass is 471 g/mol. The Kier molecular flexibility index (Phi) is 7.74. The average Bonchev–Trinajstić information content (AvgIpc) is 2.80. The van der Waals surface area contributed by atoms with Crippen LogP contribution in [0.1, 0.15) is 53.7 Å². The Balaban J connectivity index is 1.38. The highest BCUT2D eigenvalue weighted by Crippen LogP contribution is 2.37. The number of pyridine rings is 1. The number of rotatable bonds is 10. The molecule has 8 nitrogen and oxygen atoms in total. The van der Waals surface area contributed by atoms with Crippen molar-refractivity contribution < 1.29 is 29.0 Å². The highest BCUT2D eigenvalue weighted by atomic mass is 19.1. The molecule has 2 aromatic rings. The van der Waals surface area contributed by atoms with E-state index in [1.54, 1.807) is 0 Å². The third-order valence-electron chi connectivity index (χ3n) is 6.61. The number of fused-ring (bicyclic) bond motifs is 1. The van der Waals surface area contributed by atoms with Gasteiger partial charge in [0.2, 0.25) is 0 Å². The van der Waals surface area contributed by atoms with E-state index in [0.29, 0.717) is 18.8 Å². The molecule has 34 heavy (non-hydrogen) atoms. The fourth-order valence-electron chi connectivity index (χ4n) is 4.65. The molecule has 0 radical (unpaired) electrons. The van der Waals surface area contributed by atoms with Gasteiger partial charge < -0.3 is 20.4 Å². The molecule has 1 saturated carbocycles. The molecule has 1 atom stereocenters. The molecule has 0 amide bonds. The molecule has 9 heteroatoms. The molecule has 0 bridgehead atoms. The first-order chi connectivity index (χ1) is 16.5. The average molecular weight is 472 g/mol. The van der Waals surface area contributed by atoms with Crippen LogP contribution in [-0.4, -0.2) is 57.4 Å². The summed E-state index contributed by atoms with van der Waals surface area (Å²) in [5.41, 5.74) is 2.00. The Morgan fingerprint density at radius 2 is 2.03 bits per heavy atom. The zero-order chi connectivity index (χ0) is 24.1. The Labute approximate surface area is 197 Å². The zero-order valence-corrected chi connectivity index (χ0v) is 19.0. The van der Waals surface area contributed by atoms with E-state index >= 15 is 0 Å². The van der Waals surface area contributed by atoms with E-state index in [2.05, 4.69) is 17.4 Å². The lowest BCUT2D eigenvalue weighted by molar-refractivity contribution is -0.204. The van der Waals surface area contributed by atoms with Gasteiger partial charge in [-0.15, -0.1) is 5.06 Å². The molecular weight excluding hydrogens is 441 g/mol. The van der Waals surface area contributed by atoms with Crippen LogP contribution in [0.2, 0.25) is 0 Å². The summed E-state index contributed by atoms with van der Waals surface area (Å²) in [6, 6.07) is 8.08. The fraction of sp³-hybridized carbons (Fsp3) is 0.480. The maximum atomic E-state index is 14.0. The second-order valence-corrected chi connectivity index (χ2v) is 8.96. The molecule has 1 aliphatic heterocycles. The summed E-state index contributed by atoms with van der Waals surface area (Å²) in [7, 11) is 0. The Hall–Kier alpha value is -3.04. The van der Waals surface area contributed by atoms with Crippen molar-refractivity contribution in [3.63, 3.8) is 0 Å². The maximum Gasteiger partial charge on any atom is 0.360 e. The van der Waals surface area contributed by atoms with Gasteiger partial charge in [-0.1, -0.05) is 18.2 Å². The van der Waals surface area contributed by atoms with E-state index in [1.807, 2.05) is 0 Å². The van der Waals surface area contributed by atoms with Gasteiger partial charge in [-0.05, 0) is 74.6 Å². The van der Waals surface area contributed by atoms with Crippen LogP contribution in [0, 0.1) is 11.7 Å². The number of halogens is 1. The van der Waals surface area contributed by atoms with Crippen LogP contribution in [0.5, 0.6) is 0 Å². The van der Waals surface area contributed by atoms with Gasteiger partial charge in [0.05, 0.1) is 5.56 Å². The second kappa shape index (κ2) is 10.9. The van der Waals surface area contributed by atoms with Gasteiger partial charge in [-0.25, -0.2) is 14.2 Å². The van der Waals surface area contributed by atoms with Crippen LogP contribution in [0.15, 0.2) is 36.4 Å². The van der Waals surface area contributed by atoms with Gasteiger partial charge in [0.15, 0.2) is 0 Å². The summed E-state index contributed by atoms with van der Waals surface area (Å²) in [5.74, 6) is -1.59. The van der Waals surface area contributed by atoms with Crippen molar-refractivity contribution in [2.45, 2.75) is 57.0 Å². The largest absolute Gasteiger partial charge is 0.480 e. The number of carbonyl (C=O) groups excluding carboxylic acids is 1. The molecule has 1 aromatic carbocycles. The van der Waals surface area contributed by atoms with Crippen molar-refractivity contribution in [3.05, 3.63) is 59.0 Å². The number of aliphatic hydroxyl groups excluding tert-OH is 1. The highest BCUT2D eigenvalue weighted by Gasteiger charge is 2.42. The molecule has 0 unspecified atom stereocenters. The van der Waals surface area contributed by atoms with Gasteiger partial charge in [-0.3, -0.25) is 4.79 Å². The number of hydroxylamine groups is 2. The third-order valence-corrected chi connectivity index (χ3v) is 6.61. The number of hydrogen-bond acceptors (Lipinski definition) is 7. The van der Waals surface area contributed by atoms with Crippen molar-refractivity contribution >= 4 is 17.8 Å². The first-order valence-electron chi connectivity index (χ1n) is 11.8. The van der Waals surface area contributed by atoms with Crippen molar-refractivity contribution in [1.29, 1.82) is 0 Å². The van der Waals surface area contributed by atoms with Gasteiger partial charge >= 0.3 is 11.9 Å². The van der Waals surface area contributed by atoms with E-state index < -0.39 is 23.8 Å². The smallest absolute Gasteiger partial charge is 0.360 e. The number of aliphatic hydroxyl groups is 1. The Morgan fingerprint density at radius 1 is 1.24 bits per heavy atom. The molecule has 2 heterocycles. The number of aliphatic carboxylic acids is 1. The van der Waals surface area contributed by atoms with Crippen molar-refractivity contribution in [1.82, 2.24) is 10.0 Å². The SMILES string of the molecule is O=C(ON(C1CC(CCc2ccc3c(n2)NCCC3)C1)[C@@H](CCO)C(=O)O)c1ccccc1F. The highest BCUT2D eigenvalue weighted by molar-refractivity contribution is 5.89. The lowest BCUT2D eigenvalue weighted by Crippen LogP contribution is -2.53. The predicted octanol–water partition coefficient (Wildman–Crippen LogP) is 3.20. The number of carboxylic acids is 1. The van der Waals surface area contributed by atoms with E-state index in [4.69, 9.17) is 9.82 Å². The van der Waals surface area contributed by atoms with Crippen LogP contribution in [-0.2, 0) is 22.5 Å². The van der Waals surface area contributed by atoms with E-state index in [1.165, 1.54) is 23.8 Å². The van der Waals surface area contributed by atoms with Crippen LogP contribution in [0.4, 0.5) is 10.2 Å². The number of carbonyl (C=O) groups is 2. The van der Waals surface area contributed by atoms with E-state index in [0.717, 1.165) is 54.9 Å². The minimum Gasteiger partial charge on any atom is -0.480 e. The summed E-state index contributed by atoms with van der Waals surface area (Å²) in [6.07, 6.45) is 5.03. The molecule has 0 spiro atoms. The first kappa shape index (κ1) is 24.1. The number of aromatic nitrogens is 1. The quantitative estimate of drug-likeness (QED) is 0.453. The zero-order valence-electron chi connectivity index (χ0n) is 19.0. The molecular formula is C25H30FN3O5. The van der Waals surface area contributed by atoms with Crippen molar-refractivity contribution in [2.75, 3.05) is 18.5 Å². The summed E-state index contributed by atoms with van der Waals surface area (Å²) in [6.45, 7) is 0.562.